The quantitative estimate of drug-likeness (QED) is 0.927. The molecule has 3 nitrogen and oxygen atoms in total. The van der Waals surface area contributed by atoms with E-state index in [0.717, 1.165) is 32.2 Å². The van der Waals surface area contributed by atoms with Crippen LogP contribution in [0.25, 0.3) is 0 Å². The molecule has 1 atom stereocenters. The SMILES string of the molecule is CCc1nn(CCc2ccccc2)c2c1C(N)CCC2. The first-order chi connectivity index (χ1) is 9.79. The number of aromatic nitrogens is 2. The van der Waals surface area contributed by atoms with Gasteiger partial charge < -0.3 is 5.73 Å². The highest BCUT2D eigenvalue weighted by Crippen LogP contribution is 2.31. The van der Waals surface area contributed by atoms with Gasteiger partial charge >= 0.3 is 0 Å². The lowest BCUT2D eigenvalue weighted by Gasteiger charge is -2.20. The van der Waals surface area contributed by atoms with Crippen LogP contribution in [0, 0.1) is 0 Å². The maximum atomic E-state index is 6.29. The molecule has 1 aromatic carbocycles. The van der Waals surface area contributed by atoms with Gasteiger partial charge in [0.25, 0.3) is 0 Å². The molecule has 106 valence electrons. The number of nitrogens with two attached hydrogens (primary N) is 1. The summed E-state index contributed by atoms with van der Waals surface area (Å²) < 4.78 is 2.21. The summed E-state index contributed by atoms with van der Waals surface area (Å²) in [4.78, 5) is 0. The number of rotatable bonds is 4. The van der Waals surface area contributed by atoms with Crippen LogP contribution in [0.4, 0.5) is 0 Å². The molecular formula is C17H23N3. The van der Waals surface area contributed by atoms with E-state index in [1.165, 1.54) is 28.9 Å². The van der Waals surface area contributed by atoms with E-state index in [1.807, 2.05) is 0 Å². The first-order valence-electron chi connectivity index (χ1n) is 7.67. The molecule has 3 rings (SSSR count). The number of benzene rings is 1. The van der Waals surface area contributed by atoms with Crippen molar-refractivity contribution in [3.63, 3.8) is 0 Å². The minimum absolute atomic E-state index is 0.194. The van der Waals surface area contributed by atoms with Crippen molar-refractivity contribution in [1.82, 2.24) is 9.78 Å². The van der Waals surface area contributed by atoms with E-state index < -0.39 is 0 Å². The number of nitrogens with zero attached hydrogens (tertiary/aromatic N) is 2. The Morgan fingerprint density at radius 3 is 2.85 bits per heavy atom. The summed E-state index contributed by atoms with van der Waals surface area (Å²) in [5.74, 6) is 0. The van der Waals surface area contributed by atoms with Crippen LogP contribution >= 0.6 is 0 Å². The molecule has 0 fully saturated rings. The van der Waals surface area contributed by atoms with E-state index in [4.69, 9.17) is 10.8 Å². The summed E-state index contributed by atoms with van der Waals surface area (Å²) in [7, 11) is 0. The van der Waals surface area contributed by atoms with Crippen LogP contribution < -0.4 is 5.73 Å². The minimum Gasteiger partial charge on any atom is -0.324 e. The Kier molecular flexibility index (Phi) is 3.88. The fourth-order valence-electron chi connectivity index (χ4n) is 3.22. The van der Waals surface area contributed by atoms with Crippen molar-refractivity contribution in [3.8, 4) is 0 Å². The number of aryl methyl sites for hydroxylation is 3. The molecule has 0 amide bonds. The molecule has 0 aliphatic heterocycles. The minimum atomic E-state index is 0.194. The van der Waals surface area contributed by atoms with Crippen molar-refractivity contribution in [1.29, 1.82) is 0 Å². The van der Waals surface area contributed by atoms with Crippen LogP contribution in [0.1, 0.15) is 48.3 Å². The van der Waals surface area contributed by atoms with Gasteiger partial charge in [0.1, 0.15) is 0 Å². The van der Waals surface area contributed by atoms with Crippen molar-refractivity contribution < 1.29 is 0 Å². The molecule has 0 saturated heterocycles. The average molecular weight is 269 g/mol. The number of fused-ring (bicyclic) bond motifs is 1. The van der Waals surface area contributed by atoms with Gasteiger partial charge in [-0.05, 0) is 37.7 Å². The Morgan fingerprint density at radius 2 is 2.10 bits per heavy atom. The molecule has 0 saturated carbocycles. The van der Waals surface area contributed by atoms with Crippen LogP contribution in [0.15, 0.2) is 30.3 Å². The van der Waals surface area contributed by atoms with Crippen LogP contribution in [0.5, 0.6) is 0 Å². The first kappa shape index (κ1) is 13.4. The van der Waals surface area contributed by atoms with E-state index in [9.17, 15) is 0 Å². The Balaban J connectivity index is 1.83. The maximum absolute atomic E-state index is 6.29. The van der Waals surface area contributed by atoms with Crippen molar-refractivity contribution in [2.75, 3.05) is 0 Å². The third kappa shape index (κ3) is 2.50. The molecule has 0 bridgehead atoms. The lowest BCUT2D eigenvalue weighted by molar-refractivity contribution is 0.521. The van der Waals surface area contributed by atoms with Crippen molar-refractivity contribution in [2.45, 2.75) is 51.6 Å². The highest BCUT2D eigenvalue weighted by molar-refractivity contribution is 5.32. The van der Waals surface area contributed by atoms with Gasteiger partial charge in [-0.2, -0.15) is 5.10 Å². The normalized spacial score (nSPS) is 18.0. The zero-order valence-corrected chi connectivity index (χ0v) is 12.2. The highest BCUT2D eigenvalue weighted by atomic mass is 15.3. The van der Waals surface area contributed by atoms with E-state index in [0.29, 0.717) is 0 Å². The monoisotopic (exact) mass is 269 g/mol. The van der Waals surface area contributed by atoms with Crippen molar-refractivity contribution >= 4 is 0 Å². The molecule has 20 heavy (non-hydrogen) atoms. The second-order valence-electron chi connectivity index (χ2n) is 5.62. The van der Waals surface area contributed by atoms with Gasteiger partial charge in [0.05, 0.1) is 5.69 Å². The summed E-state index contributed by atoms with van der Waals surface area (Å²) in [6.45, 7) is 3.13. The topological polar surface area (TPSA) is 43.8 Å². The van der Waals surface area contributed by atoms with E-state index in [1.54, 1.807) is 0 Å². The average Bonchev–Trinajstić information content (AvgIpc) is 2.86. The molecule has 1 aliphatic rings. The van der Waals surface area contributed by atoms with Crippen LogP contribution in [-0.2, 0) is 25.8 Å². The molecule has 0 spiro atoms. The fraction of sp³-hybridized carbons (Fsp3) is 0.471. The third-order valence-corrected chi connectivity index (χ3v) is 4.26. The maximum Gasteiger partial charge on any atom is 0.0672 e. The molecule has 3 heteroatoms. The van der Waals surface area contributed by atoms with Gasteiger partial charge in [0, 0.05) is 23.8 Å². The van der Waals surface area contributed by atoms with Crippen molar-refractivity contribution in [2.24, 2.45) is 5.73 Å². The lowest BCUT2D eigenvalue weighted by atomic mass is 9.91. The molecular weight excluding hydrogens is 246 g/mol. The van der Waals surface area contributed by atoms with Gasteiger partial charge in [-0.15, -0.1) is 0 Å². The molecule has 2 aromatic rings. The van der Waals surface area contributed by atoms with Crippen LogP contribution in [-0.4, -0.2) is 9.78 Å². The van der Waals surface area contributed by atoms with Gasteiger partial charge in [0.15, 0.2) is 0 Å². The number of hydrogen-bond acceptors (Lipinski definition) is 2. The van der Waals surface area contributed by atoms with E-state index in [-0.39, 0.29) is 6.04 Å². The molecule has 2 N–H and O–H groups in total. The molecule has 0 radical (unpaired) electrons. The van der Waals surface area contributed by atoms with E-state index in [2.05, 4.69) is 41.9 Å². The van der Waals surface area contributed by atoms with Gasteiger partial charge in [-0.1, -0.05) is 37.3 Å². The Hall–Kier alpha value is -1.61. The Labute approximate surface area is 120 Å². The summed E-state index contributed by atoms with van der Waals surface area (Å²) in [5, 5.41) is 4.81. The zero-order chi connectivity index (χ0) is 13.9. The number of hydrogen-bond donors (Lipinski definition) is 1. The summed E-state index contributed by atoms with van der Waals surface area (Å²) in [6, 6.07) is 10.8. The largest absolute Gasteiger partial charge is 0.324 e. The molecule has 1 aliphatic carbocycles. The molecule has 1 unspecified atom stereocenters. The van der Waals surface area contributed by atoms with Gasteiger partial charge in [0.2, 0.25) is 0 Å². The summed E-state index contributed by atoms with van der Waals surface area (Å²) in [5.41, 5.74) is 11.6. The van der Waals surface area contributed by atoms with Crippen LogP contribution in [0.3, 0.4) is 0 Å². The van der Waals surface area contributed by atoms with E-state index >= 15 is 0 Å². The highest BCUT2D eigenvalue weighted by Gasteiger charge is 2.25. The Bertz CT molecular complexity index is 571. The predicted octanol–water partition coefficient (Wildman–Crippen LogP) is 3.02. The molecule has 1 heterocycles. The summed E-state index contributed by atoms with van der Waals surface area (Å²) >= 11 is 0. The zero-order valence-electron chi connectivity index (χ0n) is 12.2. The predicted molar refractivity (Wildman–Crippen MR) is 81.6 cm³/mol. The Morgan fingerprint density at radius 1 is 1.30 bits per heavy atom. The smallest absolute Gasteiger partial charge is 0.0672 e. The summed E-state index contributed by atoms with van der Waals surface area (Å²) in [6.07, 6.45) is 5.44. The third-order valence-electron chi connectivity index (χ3n) is 4.26. The fourth-order valence-corrected chi connectivity index (χ4v) is 3.22. The van der Waals surface area contributed by atoms with Gasteiger partial charge in [-0.3, -0.25) is 4.68 Å². The molecule has 1 aromatic heterocycles. The second-order valence-corrected chi connectivity index (χ2v) is 5.62. The first-order valence-corrected chi connectivity index (χ1v) is 7.67. The second kappa shape index (κ2) is 5.80. The lowest BCUT2D eigenvalue weighted by Crippen LogP contribution is -2.19. The standard InChI is InChI=1S/C17H23N3/c1-2-15-17-14(18)9-6-10-16(17)20(19-15)12-11-13-7-4-3-5-8-13/h3-5,7-8,14H,2,6,9-12,18H2,1H3. The van der Waals surface area contributed by atoms with Gasteiger partial charge in [-0.25, -0.2) is 0 Å². The van der Waals surface area contributed by atoms with Crippen molar-refractivity contribution in [3.05, 3.63) is 52.8 Å². The van der Waals surface area contributed by atoms with Crippen LogP contribution in [0.2, 0.25) is 0 Å².